The maximum absolute atomic E-state index is 5.17. The van der Waals surface area contributed by atoms with E-state index in [2.05, 4.69) is 155 Å². The number of allylic oxidation sites excluding steroid dienone is 4. The smallest absolute Gasteiger partial charge is 0.142 e. The molecule has 5 heteroatoms. The summed E-state index contributed by atoms with van der Waals surface area (Å²) in [4.78, 5) is 6.57. The van der Waals surface area contributed by atoms with Gasteiger partial charge in [0, 0.05) is 57.3 Å². The normalized spacial score (nSPS) is 18.2. The number of hydrogen-bond donors (Lipinski definition) is 3. The van der Waals surface area contributed by atoms with E-state index in [1.807, 2.05) is 18.5 Å². The lowest BCUT2D eigenvalue weighted by Crippen LogP contribution is -2.82. The van der Waals surface area contributed by atoms with Crippen molar-refractivity contribution in [1.82, 2.24) is 14.5 Å². The molecule has 228 valence electrons. The van der Waals surface area contributed by atoms with Crippen molar-refractivity contribution < 1.29 is 5.32 Å². The number of rotatable bonds is 5. The molecule has 0 saturated carbocycles. The van der Waals surface area contributed by atoms with Crippen molar-refractivity contribution in [2.75, 3.05) is 0 Å². The third-order valence-electron chi connectivity index (χ3n) is 9.82. The Hall–Kier alpha value is -5.78. The van der Waals surface area contributed by atoms with Crippen LogP contribution in [0.25, 0.3) is 55.0 Å². The second-order valence-corrected chi connectivity index (χ2v) is 12.7. The summed E-state index contributed by atoms with van der Waals surface area (Å²) in [6, 6.07) is 35.6. The van der Waals surface area contributed by atoms with Gasteiger partial charge in [-0.1, -0.05) is 84.4 Å². The van der Waals surface area contributed by atoms with Crippen molar-refractivity contribution in [1.29, 1.82) is 0 Å². The standard InChI is InChI=1S/C42H34N5/c1-26-10-18-37(45-40(26)31-20-22-43-25-31)30-14-16-34-35-17-12-28-23-29(36-19-11-27(2)41(46-36)38-9-6-21-44-38)13-15-33(28)42(35)47(39(34)24-30)32-7-4-3-5-8-32/h3-25,37,41,43-45H,1-2H3/q-1/p+1. The Morgan fingerprint density at radius 3 is 2.47 bits per heavy atom. The van der Waals surface area contributed by atoms with Crippen LogP contribution in [0.15, 0.2) is 151 Å². The number of H-pyrrole nitrogens is 2. The highest BCUT2D eigenvalue weighted by Crippen LogP contribution is 2.42. The molecule has 0 saturated heterocycles. The van der Waals surface area contributed by atoms with E-state index in [0.717, 1.165) is 22.6 Å². The number of nitrogens with one attached hydrogen (secondary N) is 2. The molecule has 47 heavy (non-hydrogen) atoms. The minimum Gasteiger partial charge on any atom is -0.673 e. The first-order valence-corrected chi connectivity index (χ1v) is 16.3. The van der Waals surface area contributed by atoms with Crippen LogP contribution >= 0.6 is 0 Å². The van der Waals surface area contributed by atoms with E-state index in [1.165, 1.54) is 60.5 Å². The van der Waals surface area contributed by atoms with Gasteiger partial charge >= 0.3 is 0 Å². The van der Waals surface area contributed by atoms with E-state index >= 15 is 0 Å². The molecule has 9 rings (SSSR count). The number of para-hydroxylation sites is 1. The minimum absolute atomic E-state index is 0.00717. The molecule has 2 unspecified atom stereocenters. The monoisotopic (exact) mass is 609 g/mol. The van der Waals surface area contributed by atoms with Crippen molar-refractivity contribution in [2.24, 2.45) is 0 Å². The van der Waals surface area contributed by atoms with Gasteiger partial charge in [0.05, 0.1) is 16.6 Å². The van der Waals surface area contributed by atoms with E-state index in [9.17, 15) is 0 Å². The molecule has 4 aromatic carbocycles. The van der Waals surface area contributed by atoms with Crippen LogP contribution in [0, 0.1) is 0 Å². The van der Waals surface area contributed by atoms with Crippen molar-refractivity contribution >= 4 is 44.0 Å². The van der Waals surface area contributed by atoms with Crippen LogP contribution in [0.3, 0.4) is 0 Å². The number of benzene rings is 4. The zero-order valence-electron chi connectivity index (χ0n) is 26.4. The maximum atomic E-state index is 5.17. The zero-order chi connectivity index (χ0) is 31.5. The third-order valence-corrected chi connectivity index (χ3v) is 9.82. The van der Waals surface area contributed by atoms with Crippen LogP contribution in [0.1, 0.15) is 48.3 Å². The van der Waals surface area contributed by atoms with Gasteiger partial charge in [0.15, 0.2) is 0 Å². The summed E-state index contributed by atoms with van der Waals surface area (Å²) >= 11 is 0. The average Bonchev–Trinajstić information content (AvgIpc) is 3.90. The molecule has 0 fully saturated rings. The fourth-order valence-corrected chi connectivity index (χ4v) is 7.38. The molecular weight excluding hydrogens is 574 g/mol. The summed E-state index contributed by atoms with van der Waals surface area (Å²) in [5.41, 5.74) is 13.2. The van der Waals surface area contributed by atoms with E-state index in [0.29, 0.717) is 0 Å². The second kappa shape index (κ2) is 10.9. The van der Waals surface area contributed by atoms with E-state index in [4.69, 9.17) is 5.32 Å². The van der Waals surface area contributed by atoms with Gasteiger partial charge in [-0.3, -0.25) is 0 Å². The fourth-order valence-electron chi connectivity index (χ4n) is 7.38. The van der Waals surface area contributed by atoms with Crippen LogP contribution in [0.5, 0.6) is 0 Å². The zero-order valence-corrected chi connectivity index (χ0v) is 26.4. The fraction of sp³-hybridized carbons (Fsp3) is 0.0952. The maximum Gasteiger partial charge on any atom is 0.142 e. The van der Waals surface area contributed by atoms with Crippen LogP contribution in [0.2, 0.25) is 0 Å². The largest absolute Gasteiger partial charge is 0.673 e. The number of quaternary nitrogens is 1. The van der Waals surface area contributed by atoms with Gasteiger partial charge in [-0.05, 0) is 73.3 Å². The molecule has 0 amide bonds. The molecule has 3 aromatic heterocycles. The van der Waals surface area contributed by atoms with Crippen LogP contribution in [0.4, 0.5) is 0 Å². The molecule has 5 nitrogen and oxygen atoms in total. The quantitative estimate of drug-likeness (QED) is 0.174. The Morgan fingerprint density at radius 2 is 1.64 bits per heavy atom. The van der Waals surface area contributed by atoms with E-state index in [-0.39, 0.29) is 12.1 Å². The lowest BCUT2D eigenvalue weighted by molar-refractivity contribution is -0.599. The van der Waals surface area contributed by atoms with Crippen molar-refractivity contribution in [2.45, 2.75) is 25.9 Å². The Balaban J connectivity index is 1.18. The summed E-state index contributed by atoms with van der Waals surface area (Å²) in [7, 11) is 0. The van der Waals surface area contributed by atoms with Crippen molar-refractivity contribution in [3.05, 3.63) is 179 Å². The van der Waals surface area contributed by atoms with Gasteiger partial charge in [-0.25, -0.2) is 0 Å². The number of nitrogens with zero attached hydrogens (tertiary/aromatic N) is 2. The molecule has 0 spiro atoms. The van der Waals surface area contributed by atoms with Crippen molar-refractivity contribution in [3.63, 3.8) is 0 Å². The third kappa shape index (κ3) is 4.58. The average molecular weight is 610 g/mol. The van der Waals surface area contributed by atoms with Gasteiger partial charge in [0.1, 0.15) is 11.7 Å². The first-order chi connectivity index (χ1) is 23.1. The van der Waals surface area contributed by atoms with E-state index in [1.54, 1.807) is 0 Å². The summed E-state index contributed by atoms with van der Waals surface area (Å²) in [5.74, 6) is 0. The minimum atomic E-state index is 0.00717. The molecule has 0 bridgehead atoms. The predicted octanol–water partition coefficient (Wildman–Crippen LogP) is 9.61. The molecule has 5 heterocycles. The lowest BCUT2D eigenvalue weighted by atomic mass is 9.96. The number of fused-ring (bicyclic) bond motifs is 5. The molecule has 7 aromatic rings. The topological polar surface area (TPSA) is 67.2 Å². The molecule has 2 aliphatic rings. The summed E-state index contributed by atoms with van der Waals surface area (Å²) < 4.78 is 2.45. The molecule has 0 radical (unpaired) electrons. The first-order valence-electron chi connectivity index (χ1n) is 16.3. The highest BCUT2D eigenvalue weighted by molar-refractivity contribution is 6.19. The first kappa shape index (κ1) is 27.5. The molecule has 2 atom stereocenters. The van der Waals surface area contributed by atoms with Gasteiger partial charge in [0.2, 0.25) is 0 Å². The number of aromatic amines is 2. The summed E-state index contributed by atoms with van der Waals surface area (Å²) in [6.07, 6.45) is 15.0. The highest BCUT2D eigenvalue weighted by atomic mass is 15.0. The Morgan fingerprint density at radius 1 is 0.766 bits per heavy atom. The van der Waals surface area contributed by atoms with Crippen molar-refractivity contribution in [3.8, 4) is 5.69 Å². The Labute approximate surface area is 273 Å². The summed E-state index contributed by atoms with van der Waals surface area (Å²) in [6.45, 7) is 4.34. The number of aromatic nitrogens is 3. The van der Waals surface area contributed by atoms with Crippen LogP contribution < -0.4 is 5.32 Å². The second-order valence-electron chi connectivity index (χ2n) is 12.7. The molecule has 0 aliphatic carbocycles. The van der Waals surface area contributed by atoms with Gasteiger partial charge in [-0.15, -0.1) is 5.70 Å². The molecule has 4 N–H and O–H groups in total. The number of hydrogen-bond acceptors (Lipinski definition) is 0. The summed E-state index contributed by atoms with van der Waals surface area (Å²) in [5, 5.41) is 12.5. The van der Waals surface area contributed by atoms with Crippen LogP contribution in [-0.4, -0.2) is 14.5 Å². The Bertz CT molecular complexity index is 2420. The highest BCUT2D eigenvalue weighted by Gasteiger charge is 2.24. The molecular formula is C42H35N5. The predicted molar refractivity (Wildman–Crippen MR) is 194 cm³/mol. The van der Waals surface area contributed by atoms with Gasteiger partial charge in [-0.2, -0.15) is 0 Å². The van der Waals surface area contributed by atoms with E-state index < -0.39 is 0 Å². The van der Waals surface area contributed by atoms with Crippen LogP contribution in [-0.2, 0) is 0 Å². The number of nitrogens with two attached hydrogens (primary N) is 1. The Kier molecular flexibility index (Phi) is 6.40. The molecule has 2 aliphatic heterocycles. The van der Waals surface area contributed by atoms with Gasteiger partial charge in [0.25, 0.3) is 0 Å². The lowest BCUT2D eigenvalue weighted by Gasteiger charge is -2.39. The van der Waals surface area contributed by atoms with Gasteiger partial charge < -0.3 is 25.2 Å². The SMILES string of the molecule is CC1=CC=C(c2ccc3c(ccc4c5ccc(C6C=CC(C)=C(c7cc[nH]c7)[NH2+]6)cc5n(-c5ccccc5)c34)c2)[N-]C1c1ccc[nH]1.